The summed E-state index contributed by atoms with van der Waals surface area (Å²) in [7, 11) is 6.42. The smallest absolute Gasteiger partial charge is 0.341 e. The van der Waals surface area contributed by atoms with Gasteiger partial charge in [-0.2, -0.15) is 0 Å². The van der Waals surface area contributed by atoms with E-state index in [0.29, 0.717) is 42.3 Å². The Hall–Kier alpha value is -6.87. The monoisotopic (exact) mass is 1150 g/mol. The van der Waals surface area contributed by atoms with Gasteiger partial charge in [0.2, 0.25) is 6.29 Å². The summed E-state index contributed by atoms with van der Waals surface area (Å²) < 4.78 is 95.5. The van der Waals surface area contributed by atoms with Gasteiger partial charge >= 0.3 is 17.9 Å². The van der Waals surface area contributed by atoms with Crippen molar-refractivity contribution in [1.82, 2.24) is 0 Å². The Balaban J connectivity index is 0.826. The Bertz CT molecular complexity index is 3290. The number of methoxy groups -OCH3 is 4. The molecule has 4 saturated heterocycles. The molecule has 0 bridgehead atoms. The van der Waals surface area contributed by atoms with Gasteiger partial charge < -0.3 is 71.1 Å². The van der Waals surface area contributed by atoms with Crippen LogP contribution in [0.1, 0.15) is 83.0 Å². The molecule has 0 N–H and O–H groups in total. The van der Waals surface area contributed by atoms with Gasteiger partial charge in [0.25, 0.3) is 0 Å². The van der Waals surface area contributed by atoms with E-state index in [2.05, 4.69) is 20.8 Å². The van der Waals surface area contributed by atoms with E-state index in [1.807, 2.05) is 97.1 Å². The molecule has 14 atom stereocenters. The second kappa shape index (κ2) is 22.2. The minimum atomic E-state index is -1.47. The zero-order valence-corrected chi connectivity index (χ0v) is 48.1. The molecule has 5 aliphatic heterocycles. The molecule has 6 fully saturated rings. The lowest BCUT2D eigenvalue weighted by atomic mass is 9.46. The van der Waals surface area contributed by atoms with E-state index in [-0.39, 0.29) is 86.9 Å². The van der Waals surface area contributed by atoms with E-state index >= 15 is 9.59 Å². The first-order valence-corrected chi connectivity index (χ1v) is 28.8. The van der Waals surface area contributed by atoms with Gasteiger partial charge in [0.1, 0.15) is 77.4 Å². The van der Waals surface area contributed by atoms with E-state index < -0.39 is 71.0 Å². The first kappa shape index (κ1) is 56.3. The summed E-state index contributed by atoms with van der Waals surface area (Å²) in [6.07, 6.45) is -5.49. The Kier molecular flexibility index (Phi) is 14.9. The molecule has 5 heterocycles. The number of hydrogen-bond donors (Lipinski definition) is 0. The highest BCUT2D eigenvalue weighted by molar-refractivity contribution is 6.03. The fourth-order valence-corrected chi connectivity index (χ4v) is 14.5. The third-order valence-electron chi connectivity index (χ3n) is 19.0. The minimum Gasteiger partial charge on any atom is -0.497 e. The summed E-state index contributed by atoms with van der Waals surface area (Å²) in [5.41, 5.74) is 1.74. The molecule has 0 amide bonds. The number of cyclic esters (lactones) is 1. The van der Waals surface area contributed by atoms with Crippen LogP contribution in [-0.4, -0.2) is 131 Å². The first-order valence-electron chi connectivity index (χ1n) is 28.8. The van der Waals surface area contributed by atoms with Gasteiger partial charge in [-0.05, 0) is 120 Å². The van der Waals surface area contributed by atoms with Gasteiger partial charge in [0.05, 0.1) is 78.7 Å². The number of benzene rings is 5. The summed E-state index contributed by atoms with van der Waals surface area (Å²) in [4.78, 5) is 43.4. The van der Waals surface area contributed by atoms with Crippen molar-refractivity contribution in [3.05, 3.63) is 166 Å². The van der Waals surface area contributed by atoms with Crippen LogP contribution in [0.3, 0.4) is 0 Å². The molecule has 2 spiro atoms. The van der Waals surface area contributed by atoms with Crippen LogP contribution in [0.2, 0.25) is 0 Å². The van der Waals surface area contributed by atoms with Gasteiger partial charge in [0.15, 0.2) is 11.7 Å². The van der Waals surface area contributed by atoms with E-state index in [1.165, 1.54) is 6.07 Å². The molecule has 2 unspecified atom stereocenters. The van der Waals surface area contributed by atoms with Crippen LogP contribution < -0.4 is 18.9 Å². The van der Waals surface area contributed by atoms with Gasteiger partial charge in [0, 0.05) is 11.0 Å². The van der Waals surface area contributed by atoms with Crippen molar-refractivity contribution in [3.63, 3.8) is 0 Å². The standard InChI is InChI=1S/C66H70O18/c1-37(2)64-56(83-64)57-66(84-57)63(3)29-28-48-49(35-78-58(48)67)50(63)30-52-65(66,82-52)62(64)81-60(69)47-11-9-8-10-46(47)59(68)80-61-55(77-34-41-18-26-45(73-7)27-19-41)54(76-33-40-16-24-44(72-6)25-17-40)53(75-32-39-14-22-43(71-5)23-15-39)51(79-61)36-74-31-38-12-20-42(70-4)21-13-38/h8-27,37,50-57,61-62H,28-36H2,1-7H3/t50-,51?,52-,53+,54-,55?,56-,57-,61-,62+,63-,64-,65+,66+/m0/s1. The fourth-order valence-electron chi connectivity index (χ4n) is 14.5. The third-order valence-corrected chi connectivity index (χ3v) is 19.0. The van der Waals surface area contributed by atoms with E-state index in [0.717, 1.165) is 33.4 Å². The molecule has 5 aromatic carbocycles. The third kappa shape index (κ3) is 9.44. The quantitative estimate of drug-likeness (QED) is 0.0361. The maximum atomic E-state index is 15.3. The van der Waals surface area contributed by atoms with Crippen molar-refractivity contribution < 1.29 is 85.4 Å². The summed E-state index contributed by atoms with van der Waals surface area (Å²) in [5.74, 6) is 0.709. The summed E-state index contributed by atoms with van der Waals surface area (Å²) in [6, 6.07) is 36.4. The van der Waals surface area contributed by atoms with Crippen LogP contribution in [0.5, 0.6) is 23.0 Å². The van der Waals surface area contributed by atoms with Crippen molar-refractivity contribution in [1.29, 1.82) is 0 Å². The van der Waals surface area contributed by atoms with Crippen LogP contribution >= 0.6 is 0 Å². The van der Waals surface area contributed by atoms with Crippen LogP contribution in [0, 0.1) is 17.3 Å². The maximum absolute atomic E-state index is 15.3. The van der Waals surface area contributed by atoms with Crippen molar-refractivity contribution in [2.45, 2.75) is 138 Å². The molecular formula is C66H70O18. The van der Waals surface area contributed by atoms with Gasteiger partial charge in [-0.15, -0.1) is 0 Å². The predicted octanol–water partition coefficient (Wildman–Crippen LogP) is 8.86. The first-order chi connectivity index (χ1) is 40.8. The zero-order valence-electron chi connectivity index (χ0n) is 48.1. The van der Waals surface area contributed by atoms with Gasteiger partial charge in [-0.1, -0.05) is 81.4 Å². The largest absolute Gasteiger partial charge is 0.497 e. The lowest BCUT2D eigenvalue weighted by Crippen LogP contribution is -2.70. The van der Waals surface area contributed by atoms with E-state index in [9.17, 15) is 4.79 Å². The number of esters is 3. The minimum absolute atomic E-state index is 0.0242. The van der Waals surface area contributed by atoms with Crippen LogP contribution in [0.25, 0.3) is 0 Å². The fraction of sp³-hybridized carbons (Fsp3) is 0.470. The Morgan fingerprint density at radius 1 is 0.607 bits per heavy atom. The highest BCUT2D eigenvalue weighted by Gasteiger charge is 3.01. The average Bonchev–Trinajstić information content (AvgIpc) is 1.42. The summed E-state index contributed by atoms with van der Waals surface area (Å²) in [6.45, 7) is 7.00. The molecule has 3 aliphatic carbocycles. The number of carbonyl (C=O) groups is 3. The molecular weight excluding hydrogens is 1080 g/mol. The lowest BCUT2D eigenvalue weighted by Gasteiger charge is -2.53. The predicted molar refractivity (Wildman–Crippen MR) is 298 cm³/mol. The van der Waals surface area contributed by atoms with Crippen LogP contribution in [0.4, 0.5) is 0 Å². The SMILES string of the molecule is COc1ccc(COCC2O[C@@H](OC(=O)c3ccccc3C(=O)O[C@@H]3[C@@]4(C(C)C)O[C@H]4[C@@H]4O[C@]45[C@]34O[C@H]4C[C@H]3C4=C(CC[C@@]35C)C(=O)OC4)C(OCc3ccc(OC)cc3)[C@@H](OCc3ccc(OC)cc3)[C@@H]2OCc2ccc(OC)cc2)cc1. The van der Waals surface area contributed by atoms with Crippen molar-refractivity contribution in [3.8, 4) is 23.0 Å². The summed E-state index contributed by atoms with van der Waals surface area (Å²) in [5, 5.41) is 0. The average molecular weight is 1150 g/mol. The second-order valence-corrected chi connectivity index (χ2v) is 23.5. The topological polar surface area (TPSA) is 200 Å². The maximum Gasteiger partial charge on any atom is 0.341 e. The van der Waals surface area contributed by atoms with Crippen LogP contribution in [-0.2, 0) is 83.3 Å². The lowest BCUT2D eigenvalue weighted by molar-refractivity contribution is -0.315. The molecule has 8 aliphatic rings. The number of epoxide rings is 3. The molecule has 0 radical (unpaired) electrons. The van der Waals surface area contributed by atoms with Gasteiger partial charge in [-0.25, -0.2) is 14.4 Å². The Labute approximate surface area is 487 Å². The summed E-state index contributed by atoms with van der Waals surface area (Å²) >= 11 is 0. The van der Waals surface area contributed by atoms with E-state index in [4.69, 9.17) is 71.1 Å². The Morgan fingerprint density at radius 3 is 1.65 bits per heavy atom. The number of rotatable bonds is 22. The molecule has 442 valence electrons. The highest BCUT2D eigenvalue weighted by atomic mass is 16.8. The number of carbonyl (C=O) groups excluding carboxylic acids is 3. The molecule has 5 aromatic rings. The normalized spacial score (nSPS) is 32.7. The molecule has 13 rings (SSSR count). The van der Waals surface area contributed by atoms with E-state index in [1.54, 1.807) is 46.6 Å². The second-order valence-electron chi connectivity index (χ2n) is 23.5. The number of hydrogen-bond acceptors (Lipinski definition) is 18. The van der Waals surface area contributed by atoms with Crippen molar-refractivity contribution >= 4 is 17.9 Å². The molecule has 18 heteroatoms. The number of fused-ring (bicyclic) bond motifs is 4. The molecule has 0 aromatic heterocycles. The van der Waals surface area contributed by atoms with Crippen LogP contribution in [0.15, 0.2) is 132 Å². The molecule has 84 heavy (non-hydrogen) atoms. The zero-order chi connectivity index (χ0) is 58.1. The van der Waals surface area contributed by atoms with Crippen molar-refractivity contribution in [2.24, 2.45) is 17.3 Å². The molecule has 18 nitrogen and oxygen atoms in total. The van der Waals surface area contributed by atoms with Gasteiger partial charge in [-0.3, -0.25) is 0 Å². The Morgan fingerprint density at radius 2 is 1.12 bits per heavy atom. The highest BCUT2D eigenvalue weighted by Crippen LogP contribution is 2.83. The molecule has 2 saturated carbocycles. The number of ether oxygens (including phenoxy) is 15. The van der Waals surface area contributed by atoms with Crippen molar-refractivity contribution in [2.75, 3.05) is 41.7 Å².